The number of aliphatic hydroxyl groups is 5. The predicted molar refractivity (Wildman–Crippen MR) is 231 cm³/mol. The molecule has 0 aromatic heterocycles. The summed E-state index contributed by atoms with van der Waals surface area (Å²) in [6, 6.07) is 3.79. The molecule has 72 heavy (non-hydrogen) atoms. The summed E-state index contributed by atoms with van der Waals surface area (Å²) in [5.74, 6) is -2.90. The first-order valence-electron chi connectivity index (χ1n) is 20.7. The third-order valence-electron chi connectivity index (χ3n) is 10.3. The Labute approximate surface area is 418 Å². The number of amides is 2. The Hall–Kier alpha value is -2.75. The van der Waals surface area contributed by atoms with Crippen LogP contribution < -0.4 is 21.1 Å². The molecule has 0 saturated carbocycles. The molecular formula is C34H48N3O29S6-5. The molecule has 0 radical (unpaired) electrons. The number of hydrogen-bond acceptors (Lipinski definition) is 32. The highest BCUT2D eigenvalue weighted by Crippen LogP contribution is 2.40. The van der Waals surface area contributed by atoms with E-state index in [9.17, 15) is 96.9 Å². The second-order valence-electron chi connectivity index (χ2n) is 15.7. The average molecular weight is 1160 g/mol. The Balaban J connectivity index is 1.57. The Kier molecular flexibility index (Phi) is 23.0. The summed E-state index contributed by atoms with van der Waals surface area (Å²) in [7, 11) is -20.7. The maximum atomic E-state index is 12.6. The molecule has 38 heteroatoms. The smallest absolute Gasteiger partial charge is 0.224 e. The molecule has 1 aromatic rings. The molecule has 414 valence electrons. The van der Waals surface area contributed by atoms with Crippen molar-refractivity contribution in [1.29, 1.82) is 0 Å². The summed E-state index contributed by atoms with van der Waals surface area (Å²) in [6.07, 6.45) is -30.8. The van der Waals surface area contributed by atoms with Crippen molar-refractivity contribution in [2.45, 2.75) is 130 Å². The number of rotatable bonds is 28. The monoisotopic (exact) mass is 1150 g/mol. The van der Waals surface area contributed by atoms with Crippen molar-refractivity contribution >= 4 is 92.3 Å². The summed E-state index contributed by atoms with van der Waals surface area (Å²) in [4.78, 5) is 37.1. The largest absolute Gasteiger partial charge is 0.726 e. The number of aliphatic carboxylic acids is 1. The van der Waals surface area contributed by atoms with Crippen molar-refractivity contribution in [3.05, 3.63) is 24.3 Å². The van der Waals surface area contributed by atoms with Gasteiger partial charge in [-0.1, -0.05) is 34.1 Å². The van der Waals surface area contributed by atoms with Gasteiger partial charge in [-0.15, -0.1) is 0 Å². The molecule has 2 amide bonds. The van der Waals surface area contributed by atoms with Crippen molar-refractivity contribution in [3.8, 4) is 0 Å². The van der Waals surface area contributed by atoms with E-state index in [1.165, 1.54) is 12.1 Å². The minimum Gasteiger partial charge on any atom is -0.726 e. The predicted octanol–water partition coefficient (Wildman–Crippen LogP) is -6.33. The van der Waals surface area contributed by atoms with Gasteiger partial charge < -0.3 is 88.5 Å². The molecule has 3 heterocycles. The lowest BCUT2D eigenvalue weighted by Gasteiger charge is -2.49. The average Bonchev–Trinajstić information content (AvgIpc) is 3.78. The van der Waals surface area contributed by atoms with Gasteiger partial charge in [0, 0.05) is 42.3 Å². The van der Waals surface area contributed by atoms with Crippen LogP contribution in [-0.2, 0) is 91.7 Å². The quantitative estimate of drug-likeness (QED) is 0.0167. The van der Waals surface area contributed by atoms with Crippen molar-refractivity contribution < 1.29 is 133 Å². The maximum Gasteiger partial charge on any atom is 0.224 e. The first-order valence-corrected chi connectivity index (χ1v) is 28.4. The molecule has 1 unspecified atom stereocenters. The van der Waals surface area contributed by atoms with Gasteiger partial charge in [-0.3, -0.25) is 26.3 Å². The molecule has 3 saturated heterocycles. The van der Waals surface area contributed by atoms with Crippen molar-refractivity contribution in [2.24, 2.45) is 0 Å². The molecule has 3 aliphatic rings. The molecule has 3 aliphatic heterocycles. The molecular weight excluding hydrogens is 1110 g/mol. The van der Waals surface area contributed by atoms with E-state index < -0.39 is 159 Å². The van der Waals surface area contributed by atoms with E-state index in [-0.39, 0.29) is 12.3 Å². The number of aliphatic hydroxyl groups excluding tert-OH is 5. The van der Waals surface area contributed by atoms with Crippen LogP contribution in [0.2, 0.25) is 0 Å². The van der Waals surface area contributed by atoms with Crippen LogP contribution in [0.25, 0.3) is 0 Å². The highest BCUT2D eigenvalue weighted by Gasteiger charge is 2.56. The van der Waals surface area contributed by atoms with Gasteiger partial charge in [-0.05, 0) is 37.5 Å². The lowest BCUT2D eigenvalue weighted by Crippen LogP contribution is -2.70. The first-order chi connectivity index (χ1) is 33.3. The summed E-state index contributed by atoms with van der Waals surface area (Å²) in [6.45, 7) is -2.83. The molecule has 0 spiro atoms. The number of hydrogen-bond donors (Lipinski definition) is 8. The zero-order valence-electron chi connectivity index (χ0n) is 36.8. The van der Waals surface area contributed by atoms with Crippen LogP contribution in [0.4, 0.5) is 11.4 Å². The Bertz CT molecular complexity index is 2430. The van der Waals surface area contributed by atoms with Gasteiger partial charge in [0.15, 0.2) is 18.7 Å². The van der Waals surface area contributed by atoms with E-state index in [0.717, 1.165) is 25.0 Å². The van der Waals surface area contributed by atoms with Gasteiger partial charge in [0.1, 0.15) is 61.0 Å². The number of carbonyl (C=O) groups excluding carboxylic acids is 3. The van der Waals surface area contributed by atoms with Crippen molar-refractivity contribution in [3.63, 3.8) is 0 Å². The standard InChI is InChI=1S/C34H53N3O29S6/c1-15(38)36-23-28(62-34-31(66-72(56,57)58)29(65-71(53,54)55)26(44)30(63-34)32(45)46)27(64-70(50,51)52)21(14-60-69(47,48)49)61-33(23)59-13-20(40)25(43)24(42)19(39)12-35-16-5-4-6-17(11-16)37-22(41)8-3-2-7-18-9-10-67-68-18/h4-6,11,18-21,23-31,33-35,39-40,42-44H,2-3,7-10,12-14H2,1H3,(H,36,38)(H,37,41)(H,45,46)(H,47,48,49)(H,50,51,52)(H,53,54,55)(H,56,57,58)/p-5/t18?,19-,20+,21+,23+,24+,25+,26-,27-,28+,29-,30-,31+,33-,34+/m0/s1. The van der Waals surface area contributed by atoms with Crippen LogP contribution in [0, 0.1) is 0 Å². The number of carbonyl (C=O) groups is 3. The van der Waals surface area contributed by atoms with Gasteiger partial charge in [0.25, 0.3) is 0 Å². The second kappa shape index (κ2) is 26.8. The van der Waals surface area contributed by atoms with E-state index >= 15 is 0 Å². The lowest BCUT2D eigenvalue weighted by atomic mass is 9.95. The van der Waals surface area contributed by atoms with E-state index in [4.69, 9.17) is 18.9 Å². The number of anilines is 2. The van der Waals surface area contributed by atoms with E-state index in [0.29, 0.717) is 30.0 Å². The van der Waals surface area contributed by atoms with Crippen LogP contribution in [0.1, 0.15) is 39.0 Å². The number of ether oxygens (including phenoxy) is 4. The van der Waals surface area contributed by atoms with Crippen molar-refractivity contribution in [1.82, 2.24) is 5.32 Å². The fraction of sp³-hybridized carbons (Fsp3) is 0.735. The number of carboxylic acids is 1. The van der Waals surface area contributed by atoms with E-state index in [1.807, 2.05) is 26.9 Å². The second-order valence-corrected chi connectivity index (χ2v) is 22.6. The van der Waals surface area contributed by atoms with Gasteiger partial charge in [0.05, 0.1) is 25.3 Å². The molecule has 0 bridgehead atoms. The number of unbranched alkanes of at least 4 members (excludes halogenated alkanes) is 1. The lowest BCUT2D eigenvalue weighted by molar-refractivity contribution is -0.360. The highest BCUT2D eigenvalue weighted by atomic mass is 33.1. The van der Waals surface area contributed by atoms with E-state index in [1.54, 1.807) is 12.1 Å². The zero-order chi connectivity index (χ0) is 53.9. The van der Waals surface area contributed by atoms with Gasteiger partial charge in [-0.25, -0.2) is 33.7 Å². The Morgan fingerprint density at radius 1 is 0.806 bits per heavy atom. The minimum absolute atomic E-state index is 0.245. The van der Waals surface area contributed by atoms with Crippen LogP contribution in [0.15, 0.2) is 24.3 Å². The van der Waals surface area contributed by atoms with Gasteiger partial charge in [0.2, 0.25) is 53.4 Å². The molecule has 1 aromatic carbocycles. The molecule has 15 atom stereocenters. The molecule has 0 aliphatic carbocycles. The van der Waals surface area contributed by atoms with Gasteiger partial charge >= 0.3 is 0 Å². The summed E-state index contributed by atoms with van der Waals surface area (Å²) in [5.41, 5.74) is 0.694. The van der Waals surface area contributed by atoms with Crippen LogP contribution in [0.3, 0.4) is 0 Å². The minimum atomic E-state index is -6.22. The molecule has 4 rings (SSSR count). The van der Waals surface area contributed by atoms with Crippen LogP contribution in [-0.4, -0.2) is 212 Å². The zero-order valence-corrected chi connectivity index (χ0v) is 41.7. The Morgan fingerprint density at radius 3 is 2.00 bits per heavy atom. The molecule has 32 nitrogen and oxygen atoms in total. The summed E-state index contributed by atoms with van der Waals surface area (Å²) < 4.78 is 179. The summed E-state index contributed by atoms with van der Waals surface area (Å²) >= 11 is 0. The van der Waals surface area contributed by atoms with Crippen molar-refractivity contribution in [2.75, 3.05) is 36.1 Å². The third kappa shape index (κ3) is 20.4. The van der Waals surface area contributed by atoms with E-state index in [2.05, 4.69) is 27.4 Å². The normalized spacial score (nSPS) is 29.1. The fourth-order valence-corrected chi connectivity index (χ4v) is 11.9. The summed E-state index contributed by atoms with van der Waals surface area (Å²) in [5, 5.41) is 73.7. The number of benzene rings is 1. The Morgan fingerprint density at radius 2 is 1.42 bits per heavy atom. The van der Waals surface area contributed by atoms with Gasteiger partial charge in [-0.2, -0.15) is 0 Å². The first kappa shape index (κ1) is 61.8. The molecule has 8 N–H and O–H groups in total. The van der Waals surface area contributed by atoms with Crippen LogP contribution >= 0.6 is 21.6 Å². The maximum absolute atomic E-state index is 12.6. The number of carboxylic acid groups (broad SMARTS) is 1. The molecule has 3 fully saturated rings. The third-order valence-corrected chi connectivity index (χ3v) is 15.1. The fourth-order valence-electron chi connectivity index (χ4n) is 7.14. The highest BCUT2D eigenvalue weighted by molar-refractivity contribution is 8.77. The number of nitrogens with one attached hydrogen (secondary N) is 3. The topological polar surface area (TPSA) is 514 Å². The van der Waals surface area contributed by atoms with Crippen LogP contribution in [0.5, 0.6) is 0 Å². The SMILES string of the molecule is CC(=O)N[C@H]1[C@@H](OC[C@@H](O)[C@@H](O)[C@H](O)[C@@H](O)CNc2cccc(NC(=O)CCCCC3CCSS3)c2)O[C@H](COS(=O)(=O)[O-])[C@H](OS(=O)(=O)[O-])[C@@H]1O[C@@H]1O[C@H](C(=O)[O-])[C@@H](O)[C@H](OS(=O)(=O)[O-])[C@H]1OS(=O)(=O)[O-].